The third-order valence-electron chi connectivity index (χ3n) is 18.9. The molecule has 8 rings (SSSR count). The molecule has 22 unspecified atom stereocenters. The summed E-state index contributed by atoms with van der Waals surface area (Å²) in [6.45, 7) is 15.0. The zero-order chi connectivity index (χ0) is 46.7. The van der Waals surface area contributed by atoms with E-state index in [1.165, 1.54) is 5.57 Å². The molecule has 3 saturated heterocycles. The number of ether oxygens (including phenoxy) is 6. The van der Waals surface area contributed by atoms with E-state index in [0.29, 0.717) is 24.7 Å². The van der Waals surface area contributed by atoms with Gasteiger partial charge in [-0.05, 0) is 109 Å². The van der Waals surface area contributed by atoms with E-state index in [-0.39, 0.29) is 45.7 Å². The van der Waals surface area contributed by atoms with Crippen LogP contribution in [0.4, 0.5) is 0 Å². The number of hydrogen-bond acceptors (Lipinski definition) is 17. The quantitative estimate of drug-likeness (QED) is 0.0916. The van der Waals surface area contributed by atoms with Crippen molar-refractivity contribution >= 4 is 5.97 Å². The minimum atomic E-state index is -1.79. The van der Waals surface area contributed by atoms with Gasteiger partial charge in [0.25, 0.3) is 0 Å². The first-order chi connectivity index (χ1) is 29.9. The monoisotopic (exact) mass is 913 g/mol. The van der Waals surface area contributed by atoms with Gasteiger partial charge >= 0.3 is 5.97 Å². The highest BCUT2D eigenvalue weighted by molar-refractivity contribution is 5.79. The predicted molar refractivity (Wildman–Crippen MR) is 224 cm³/mol. The van der Waals surface area contributed by atoms with Crippen LogP contribution in [0.15, 0.2) is 11.6 Å². The maximum absolute atomic E-state index is 14.9. The van der Waals surface area contributed by atoms with Crippen LogP contribution in [0, 0.1) is 50.2 Å². The zero-order valence-corrected chi connectivity index (χ0v) is 38.5. The van der Waals surface area contributed by atoms with E-state index in [1.54, 1.807) is 0 Å². The Morgan fingerprint density at radius 3 is 2.00 bits per heavy atom. The first kappa shape index (κ1) is 49.0. The van der Waals surface area contributed by atoms with Crippen LogP contribution in [0.2, 0.25) is 0 Å². The lowest BCUT2D eigenvalue weighted by Crippen LogP contribution is -2.66. The topological polar surface area (TPSA) is 275 Å². The number of carbonyl (C=O) groups excluding carboxylic acids is 1. The number of hydrogen-bond donors (Lipinski definition) is 10. The highest BCUT2D eigenvalue weighted by atomic mass is 16.7. The van der Waals surface area contributed by atoms with Gasteiger partial charge in [0.05, 0.1) is 31.3 Å². The fourth-order valence-corrected chi connectivity index (χ4v) is 14.7. The SMILES string of the molecule is CC1(C)CCC2(C(=O)OC3OC(COC4OC(CO)C(O)C(O)C4O)C(O)C(O)C3O)CCC3(C)C(=CCC4C5(C)CCC(OC6OCC(O)C(O)C6O)C(C)(C)C5CCC43C)C2C1. The lowest BCUT2D eigenvalue weighted by Gasteiger charge is -2.71. The molecule has 0 amide bonds. The lowest BCUT2D eigenvalue weighted by molar-refractivity contribution is -0.328. The molecule has 0 aromatic rings. The van der Waals surface area contributed by atoms with Crippen LogP contribution in [0.1, 0.15) is 113 Å². The second-order valence-corrected chi connectivity index (χ2v) is 23.1. The Morgan fingerprint density at radius 2 is 1.31 bits per heavy atom. The third-order valence-corrected chi connectivity index (χ3v) is 18.9. The van der Waals surface area contributed by atoms with E-state index >= 15 is 0 Å². The van der Waals surface area contributed by atoms with E-state index in [1.807, 2.05) is 0 Å². The Balaban J connectivity index is 1.01. The molecule has 64 heavy (non-hydrogen) atoms. The fourth-order valence-electron chi connectivity index (χ4n) is 14.7. The molecule has 0 aromatic heterocycles. The van der Waals surface area contributed by atoms with Gasteiger partial charge in [-0.2, -0.15) is 0 Å². The largest absolute Gasteiger partial charge is 0.432 e. The van der Waals surface area contributed by atoms with Crippen LogP contribution >= 0.6 is 0 Å². The van der Waals surface area contributed by atoms with Crippen molar-refractivity contribution < 1.29 is 84.3 Å². The fraction of sp³-hybridized carbons (Fsp3) is 0.936. The first-order valence-corrected chi connectivity index (χ1v) is 23.7. The minimum Gasteiger partial charge on any atom is -0.432 e. The van der Waals surface area contributed by atoms with Gasteiger partial charge in [-0.1, -0.05) is 60.1 Å². The molecule has 10 N–H and O–H groups in total. The average Bonchev–Trinajstić information content (AvgIpc) is 3.24. The Kier molecular flexibility index (Phi) is 13.2. The molecule has 17 heteroatoms. The minimum absolute atomic E-state index is 0.0502. The molecule has 0 spiro atoms. The molecule has 3 aliphatic heterocycles. The van der Waals surface area contributed by atoms with Crippen LogP contribution in [0.25, 0.3) is 0 Å². The van der Waals surface area contributed by atoms with E-state index in [4.69, 9.17) is 28.4 Å². The summed E-state index contributed by atoms with van der Waals surface area (Å²) in [4.78, 5) is 14.9. The Morgan fingerprint density at radius 1 is 0.688 bits per heavy atom. The first-order valence-electron chi connectivity index (χ1n) is 23.7. The highest BCUT2D eigenvalue weighted by Crippen LogP contribution is 2.76. The predicted octanol–water partition coefficient (Wildman–Crippen LogP) is 0.780. The summed E-state index contributed by atoms with van der Waals surface area (Å²) >= 11 is 0. The standard InChI is InChI=1S/C47H76O17/c1-42(2)14-16-47(41(58)64-40-37(57)34(54)32(52)26(62-40)21-60-38-36(56)33(53)31(51)25(19-48)61-38)17-15-45(6)22(23(47)18-42)8-9-28-44(5)12-11-29(43(3,4)27(44)10-13-46(28,45)7)63-39-35(55)30(50)24(49)20-59-39/h8,23-40,48-57H,9-21H2,1-7H3. The third kappa shape index (κ3) is 7.67. The van der Waals surface area contributed by atoms with Crippen LogP contribution in [0.3, 0.4) is 0 Å². The van der Waals surface area contributed by atoms with Crippen molar-refractivity contribution in [3.05, 3.63) is 11.6 Å². The summed E-state index contributed by atoms with van der Waals surface area (Å²) in [5, 5.41) is 105. The number of esters is 1. The van der Waals surface area contributed by atoms with Crippen LogP contribution in [0.5, 0.6) is 0 Å². The lowest BCUT2D eigenvalue weighted by atomic mass is 9.33. The summed E-state index contributed by atoms with van der Waals surface area (Å²) in [7, 11) is 0. The van der Waals surface area contributed by atoms with E-state index in [0.717, 1.165) is 51.4 Å². The van der Waals surface area contributed by atoms with Gasteiger partial charge in [0.15, 0.2) is 12.6 Å². The molecule has 22 atom stereocenters. The molecule has 3 heterocycles. The van der Waals surface area contributed by atoms with Gasteiger partial charge in [0.1, 0.15) is 67.1 Å². The van der Waals surface area contributed by atoms with E-state index < -0.39 is 111 Å². The molecule has 0 radical (unpaired) electrons. The molecular formula is C47H76O17. The van der Waals surface area contributed by atoms with Crippen molar-refractivity contribution in [1.29, 1.82) is 0 Å². The van der Waals surface area contributed by atoms with Gasteiger partial charge in [0, 0.05) is 0 Å². The van der Waals surface area contributed by atoms with Gasteiger partial charge in [-0.15, -0.1) is 0 Å². The Bertz CT molecular complexity index is 1740. The van der Waals surface area contributed by atoms with Gasteiger partial charge in [-0.25, -0.2) is 0 Å². The molecule has 0 bridgehead atoms. The smallest absolute Gasteiger partial charge is 0.315 e. The van der Waals surface area contributed by atoms with Crippen molar-refractivity contribution in [2.45, 2.75) is 205 Å². The molecule has 7 fully saturated rings. The molecule has 8 aliphatic rings. The van der Waals surface area contributed by atoms with Crippen molar-refractivity contribution in [3.63, 3.8) is 0 Å². The second-order valence-electron chi connectivity index (χ2n) is 23.1. The normalized spacial score (nSPS) is 53.4. The van der Waals surface area contributed by atoms with Crippen molar-refractivity contribution in [2.24, 2.45) is 50.2 Å². The summed E-state index contributed by atoms with van der Waals surface area (Å²) < 4.78 is 35.3. The summed E-state index contributed by atoms with van der Waals surface area (Å²) in [6, 6.07) is 0. The Labute approximate surface area is 376 Å². The van der Waals surface area contributed by atoms with Crippen molar-refractivity contribution in [3.8, 4) is 0 Å². The maximum atomic E-state index is 14.9. The van der Waals surface area contributed by atoms with Gasteiger partial charge < -0.3 is 79.5 Å². The molecule has 0 aromatic carbocycles. The van der Waals surface area contributed by atoms with Crippen LogP contribution in [-0.4, -0.2) is 169 Å². The molecule has 17 nitrogen and oxygen atoms in total. The van der Waals surface area contributed by atoms with Gasteiger partial charge in [0.2, 0.25) is 6.29 Å². The number of allylic oxidation sites excluding steroid dienone is 2. The number of carbonyl (C=O) groups is 1. The molecule has 5 aliphatic carbocycles. The average molecular weight is 913 g/mol. The summed E-state index contributed by atoms with van der Waals surface area (Å²) in [6.07, 6.45) is -11.0. The highest BCUT2D eigenvalue weighted by Gasteiger charge is 2.70. The second kappa shape index (κ2) is 17.2. The van der Waals surface area contributed by atoms with Gasteiger partial charge in [-0.3, -0.25) is 4.79 Å². The van der Waals surface area contributed by atoms with Crippen molar-refractivity contribution in [1.82, 2.24) is 0 Å². The number of rotatable bonds is 8. The van der Waals surface area contributed by atoms with Crippen molar-refractivity contribution in [2.75, 3.05) is 19.8 Å². The number of fused-ring (bicyclic) bond motifs is 7. The molecular weight excluding hydrogens is 836 g/mol. The number of aliphatic hydroxyl groups excluding tert-OH is 10. The van der Waals surface area contributed by atoms with E-state index in [2.05, 4.69) is 54.5 Å². The van der Waals surface area contributed by atoms with E-state index in [9.17, 15) is 55.9 Å². The van der Waals surface area contributed by atoms with Crippen LogP contribution in [-0.2, 0) is 33.2 Å². The van der Waals surface area contributed by atoms with Crippen LogP contribution < -0.4 is 0 Å². The number of aliphatic hydroxyl groups is 10. The summed E-state index contributed by atoms with van der Waals surface area (Å²) in [5.74, 6) is -0.0729. The maximum Gasteiger partial charge on any atom is 0.315 e. The Hall–Kier alpha value is -1.39. The summed E-state index contributed by atoms with van der Waals surface area (Å²) in [5.41, 5.74) is -0.415. The molecule has 366 valence electrons. The zero-order valence-electron chi connectivity index (χ0n) is 38.5. The molecule has 4 saturated carbocycles.